The summed E-state index contributed by atoms with van der Waals surface area (Å²) in [4.78, 5) is 55.6. The molecule has 5 rings (SSSR count). The number of nitrogens with one attached hydrogen (secondary N) is 3. The number of halogens is 1. The Morgan fingerprint density at radius 2 is 1.73 bits per heavy atom. The Kier molecular flexibility index (Phi) is 8.34. The van der Waals surface area contributed by atoms with Crippen LogP contribution >= 0.6 is 11.6 Å². The summed E-state index contributed by atoms with van der Waals surface area (Å²) in [6.07, 6.45) is 2.22. The van der Waals surface area contributed by atoms with Crippen molar-refractivity contribution in [2.24, 2.45) is 5.92 Å². The van der Waals surface area contributed by atoms with Crippen LogP contribution in [0, 0.1) is 5.92 Å². The fraction of sp³-hybridized carbons (Fsp3) is 0.379. The average molecular weight is 578 g/mol. The van der Waals surface area contributed by atoms with Crippen LogP contribution in [0.5, 0.6) is 0 Å². The molecular weight excluding hydrogens is 546 g/mol. The minimum absolute atomic E-state index is 0.100. The number of fused-ring (bicyclic) bond motifs is 5. The van der Waals surface area contributed by atoms with E-state index in [1.54, 1.807) is 35.1 Å². The zero-order valence-electron chi connectivity index (χ0n) is 22.8. The molecule has 1 saturated heterocycles. The molecule has 3 heterocycles. The Bertz CT molecular complexity index is 1440. The standard InChI is InChI=1S/C29H32ClN7O4/c1-17(2)25-28(40)32-23(12-18-8-4-3-5-9-18)26(38)31-14-19-15-37(35-34-19)20-13-24(27(39)33-25)36(16-20)29(41)21-10-6-7-11-22(21)30/h3-11,15,17,20,23-25H,12-14,16H2,1-2H3,(H,31,38)(H,32,40)(H,33,39)/t20-,23+,24-,25-/m0/s1. The van der Waals surface area contributed by atoms with Crippen LogP contribution in [0.25, 0.3) is 0 Å². The summed E-state index contributed by atoms with van der Waals surface area (Å²) in [6.45, 7) is 3.91. The normalized spacial score (nSPS) is 23.3. The zero-order valence-corrected chi connectivity index (χ0v) is 23.5. The fourth-order valence-electron chi connectivity index (χ4n) is 5.25. The van der Waals surface area contributed by atoms with Crippen LogP contribution < -0.4 is 16.0 Å². The molecule has 11 nitrogen and oxygen atoms in total. The van der Waals surface area contributed by atoms with Crippen LogP contribution in [0.2, 0.25) is 5.02 Å². The number of carbonyl (C=O) groups is 4. The van der Waals surface area contributed by atoms with Crippen molar-refractivity contribution >= 4 is 35.2 Å². The van der Waals surface area contributed by atoms with Gasteiger partial charge in [-0.3, -0.25) is 19.2 Å². The van der Waals surface area contributed by atoms with E-state index < -0.39 is 29.9 Å². The van der Waals surface area contributed by atoms with Crippen molar-refractivity contribution < 1.29 is 19.2 Å². The summed E-state index contributed by atoms with van der Waals surface area (Å²) in [7, 11) is 0. The van der Waals surface area contributed by atoms with E-state index in [-0.39, 0.29) is 60.3 Å². The Morgan fingerprint density at radius 1 is 1.00 bits per heavy atom. The number of benzene rings is 2. The Labute approximate surface area is 242 Å². The van der Waals surface area contributed by atoms with Crippen LogP contribution in [0.15, 0.2) is 60.8 Å². The van der Waals surface area contributed by atoms with Gasteiger partial charge in [0.25, 0.3) is 5.91 Å². The van der Waals surface area contributed by atoms with Crippen molar-refractivity contribution in [2.75, 3.05) is 6.54 Å². The third kappa shape index (κ3) is 6.25. The maximum absolute atomic E-state index is 13.8. The molecule has 214 valence electrons. The van der Waals surface area contributed by atoms with Crippen molar-refractivity contribution in [2.45, 2.75) is 57.4 Å². The molecule has 4 atom stereocenters. The summed E-state index contributed by atoms with van der Waals surface area (Å²) in [5, 5.41) is 17.3. The van der Waals surface area contributed by atoms with Gasteiger partial charge < -0.3 is 20.9 Å². The van der Waals surface area contributed by atoms with Crippen LogP contribution in [0.3, 0.4) is 0 Å². The second-order valence-electron chi connectivity index (χ2n) is 10.7. The van der Waals surface area contributed by atoms with Gasteiger partial charge in [0.1, 0.15) is 23.8 Å². The molecular formula is C29H32ClN7O4. The SMILES string of the molecule is CC(C)[C@@H]1NC(=O)[C@@H]2C[C@@H](CN2C(=O)c2ccccc2Cl)n2cc(nn2)CNC(=O)[C@@H](Cc2ccccc2)NC1=O. The van der Waals surface area contributed by atoms with Crippen molar-refractivity contribution in [3.8, 4) is 0 Å². The molecule has 2 aliphatic rings. The van der Waals surface area contributed by atoms with Crippen molar-refractivity contribution in [3.63, 3.8) is 0 Å². The Morgan fingerprint density at radius 3 is 2.46 bits per heavy atom. The molecule has 0 aliphatic carbocycles. The van der Waals surface area contributed by atoms with Gasteiger partial charge in [-0.25, -0.2) is 4.68 Å². The number of hydrogen-bond acceptors (Lipinski definition) is 6. The van der Waals surface area contributed by atoms with Gasteiger partial charge in [-0.2, -0.15) is 0 Å². The smallest absolute Gasteiger partial charge is 0.256 e. The third-order valence-electron chi connectivity index (χ3n) is 7.48. The molecule has 3 N–H and O–H groups in total. The molecule has 3 aromatic rings. The molecule has 1 fully saturated rings. The van der Waals surface area contributed by atoms with Gasteiger partial charge in [-0.1, -0.05) is 73.1 Å². The number of likely N-dealkylation sites (tertiary alicyclic amines) is 1. The number of carbonyl (C=O) groups excluding carboxylic acids is 4. The summed E-state index contributed by atoms with van der Waals surface area (Å²) in [5.41, 5.74) is 1.66. The fourth-order valence-corrected chi connectivity index (χ4v) is 5.46. The van der Waals surface area contributed by atoms with Crippen LogP contribution in [0.1, 0.15) is 47.9 Å². The minimum Gasteiger partial charge on any atom is -0.349 e. The van der Waals surface area contributed by atoms with Gasteiger partial charge >= 0.3 is 0 Å². The van der Waals surface area contributed by atoms with Gasteiger partial charge in [-0.05, 0) is 23.6 Å². The lowest BCUT2D eigenvalue weighted by Gasteiger charge is -2.29. The first kappa shape index (κ1) is 28.3. The number of aromatic nitrogens is 3. The lowest BCUT2D eigenvalue weighted by Crippen LogP contribution is -2.58. The monoisotopic (exact) mass is 577 g/mol. The first-order valence-corrected chi connectivity index (χ1v) is 14.0. The lowest BCUT2D eigenvalue weighted by atomic mass is 10.00. The average Bonchev–Trinajstić information content (AvgIpc) is 3.62. The Balaban J connectivity index is 1.48. The van der Waals surface area contributed by atoms with Crippen LogP contribution in [0.4, 0.5) is 0 Å². The molecule has 0 unspecified atom stereocenters. The number of hydrogen-bond donors (Lipinski definition) is 3. The predicted octanol–water partition coefficient (Wildman–Crippen LogP) is 1.89. The largest absolute Gasteiger partial charge is 0.349 e. The molecule has 0 spiro atoms. The van der Waals surface area contributed by atoms with E-state index >= 15 is 0 Å². The summed E-state index contributed by atoms with van der Waals surface area (Å²) in [6, 6.07) is 13.0. The van der Waals surface area contributed by atoms with Gasteiger partial charge in [0.15, 0.2) is 0 Å². The molecule has 2 aromatic carbocycles. The first-order valence-electron chi connectivity index (χ1n) is 13.6. The van der Waals surface area contributed by atoms with E-state index in [2.05, 4.69) is 26.3 Å². The highest BCUT2D eigenvalue weighted by Gasteiger charge is 2.43. The second-order valence-corrected chi connectivity index (χ2v) is 11.1. The van der Waals surface area contributed by atoms with Gasteiger partial charge in [0.05, 0.1) is 29.4 Å². The van der Waals surface area contributed by atoms with Crippen molar-refractivity contribution in [1.82, 2.24) is 35.8 Å². The maximum Gasteiger partial charge on any atom is 0.256 e. The molecule has 1 aromatic heterocycles. The summed E-state index contributed by atoms with van der Waals surface area (Å²) in [5.74, 6) is -2.01. The molecule has 4 bridgehead atoms. The molecule has 2 aliphatic heterocycles. The molecule has 0 radical (unpaired) electrons. The van der Waals surface area contributed by atoms with E-state index in [1.807, 2.05) is 44.2 Å². The van der Waals surface area contributed by atoms with E-state index in [9.17, 15) is 19.2 Å². The quantitative estimate of drug-likeness (QED) is 0.433. The maximum atomic E-state index is 13.8. The highest BCUT2D eigenvalue weighted by Crippen LogP contribution is 2.30. The molecule has 12 heteroatoms. The summed E-state index contributed by atoms with van der Waals surface area (Å²) >= 11 is 6.33. The molecule has 41 heavy (non-hydrogen) atoms. The van der Waals surface area contributed by atoms with Crippen LogP contribution in [-0.4, -0.2) is 68.2 Å². The van der Waals surface area contributed by atoms with Crippen molar-refractivity contribution in [1.29, 1.82) is 0 Å². The van der Waals surface area contributed by atoms with Gasteiger partial charge in [-0.15, -0.1) is 5.10 Å². The molecule has 0 saturated carbocycles. The van der Waals surface area contributed by atoms with E-state index in [0.717, 1.165) is 5.56 Å². The van der Waals surface area contributed by atoms with Gasteiger partial charge in [0.2, 0.25) is 17.7 Å². The van der Waals surface area contributed by atoms with E-state index in [1.165, 1.54) is 4.90 Å². The van der Waals surface area contributed by atoms with Gasteiger partial charge in [0, 0.05) is 19.4 Å². The third-order valence-corrected chi connectivity index (χ3v) is 7.81. The van der Waals surface area contributed by atoms with Crippen molar-refractivity contribution in [3.05, 3.63) is 82.6 Å². The van der Waals surface area contributed by atoms with E-state index in [4.69, 9.17) is 11.6 Å². The topological polar surface area (TPSA) is 138 Å². The minimum atomic E-state index is -0.938. The van der Waals surface area contributed by atoms with E-state index in [0.29, 0.717) is 5.69 Å². The summed E-state index contributed by atoms with van der Waals surface area (Å²) < 4.78 is 1.62. The highest BCUT2D eigenvalue weighted by atomic mass is 35.5. The lowest BCUT2D eigenvalue weighted by molar-refractivity contribution is -0.134. The highest BCUT2D eigenvalue weighted by molar-refractivity contribution is 6.33. The number of rotatable bonds is 4. The number of amides is 4. The zero-order chi connectivity index (χ0) is 29.1. The molecule has 4 amide bonds. The predicted molar refractivity (Wildman–Crippen MR) is 151 cm³/mol. The Hall–Kier alpha value is -4.25. The number of nitrogens with zero attached hydrogens (tertiary/aromatic N) is 4. The second kappa shape index (κ2) is 12.1. The van der Waals surface area contributed by atoms with Crippen LogP contribution in [-0.2, 0) is 27.3 Å². The first-order chi connectivity index (χ1) is 19.7.